The molecule has 2 atom stereocenters. The number of benzene rings is 2. The van der Waals surface area contributed by atoms with Gasteiger partial charge in [-0.1, -0.05) is 67.6 Å². The van der Waals surface area contributed by atoms with Gasteiger partial charge in [0.15, 0.2) is 5.78 Å². The number of ether oxygens (including phenoxy) is 1. The highest BCUT2D eigenvalue weighted by atomic mass is 16.6. The zero-order chi connectivity index (χ0) is 17.6. The quantitative estimate of drug-likeness (QED) is 0.776. The molecule has 1 heterocycles. The molecule has 2 unspecified atom stereocenters. The highest BCUT2D eigenvalue weighted by Gasteiger charge is 2.32. The van der Waals surface area contributed by atoms with Crippen molar-refractivity contribution in [3.8, 4) is 5.75 Å². The Labute approximate surface area is 147 Å². The predicted octanol–water partition coefficient (Wildman–Crippen LogP) is 4.46. The van der Waals surface area contributed by atoms with Crippen molar-refractivity contribution in [2.75, 3.05) is 0 Å². The number of hydrogen-bond acceptors (Lipinski definition) is 3. The van der Waals surface area contributed by atoms with Crippen molar-refractivity contribution >= 4 is 11.9 Å². The van der Waals surface area contributed by atoms with Crippen molar-refractivity contribution in [2.24, 2.45) is 5.92 Å². The largest absolute Gasteiger partial charge is 0.419 e. The second kappa shape index (κ2) is 7.62. The van der Waals surface area contributed by atoms with Crippen LogP contribution in [0.25, 0.3) is 0 Å². The number of ketones is 1. The molecule has 3 rings (SSSR count). The first kappa shape index (κ1) is 16.7. The van der Waals surface area contributed by atoms with Crippen LogP contribution >= 0.6 is 0 Å². The Morgan fingerprint density at radius 2 is 1.60 bits per heavy atom. The topological polar surface area (TPSA) is 46.6 Å². The number of para-hydroxylation sites is 1. The van der Waals surface area contributed by atoms with Crippen LogP contribution in [0, 0.1) is 5.92 Å². The third-order valence-corrected chi connectivity index (χ3v) is 4.13. The monoisotopic (exact) mass is 333 g/mol. The van der Waals surface area contributed by atoms with E-state index >= 15 is 0 Å². The smallest absolute Gasteiger partial charge is 0.410 e. The van der Waals surface area contributed by atoms with E-state index in [0.29, 0.717) is 11.3 Å². The zero-order valence-electron chi connectivity index (χ0n) is 13.9. The molecule has 0 N–H and O–H groups in total. The fourth-order valence-electron chi connectivity index (χ4n) is 2.77. The predicted molar refractivity (Wildman–Crippen MR) is 96.3 cm³/mol. The molecule has 0 spiro atoms. The SMILES string of the molecule is CC(C(=O)c1ccccc1)C1C=CC=CN1C(=O)Oc1ccccc1. The van der Waals surface area contributed by atoms with E-state index in [0.717, 1.165) is 0 Å². The standard InChI is InChI=1S/C21H19NO3/c1-16(20(23)17-10-4-2-5-11-17)19-14-8-9-15-22(19)21(24)25-18-12-6-3-7-13-18/h2-16,19H,1H3. The highest BCUT2D eigenvalue weighted by molar-refractivity contribution is 5.98. The Morgan fingerprint density at radius 3 is 2.28 bits per heavy atom. The number of allylic oxidation sites excluding steroid dienone is 2. The van der Waals surface area contributed by atoms with Crippen molar-refractivity contribution in [3.05, 3.63) is 90.7 Å². The molecule has 0 saturated carbocycles. The summed E-state index contributed by atoms with van der Waals surface area (Å²) in [6.45, 7) is 1.83. The summed E-state index contributed by atoms with van der Waals surface area (Å²) in [4.78, 5) is 26.7. The first-order valence-electron chi connectivity index (χ1n) is 8.16. The lowest BCUT2D eigenvalue weighted by atomic mass is 9.90. The normalized spacial score (nSPS) is 17.2. The molecule has 1 amide bonds. The second-order valence-corrected chi connectivity index (χ2v) is 5.82. The van der Waals surface area contributed by atoms with Gasteiger partial charge >= 0.3 is 6.09 Å². The van der Waals surface area contributed by atoms with E-state index in [1.54, 1.807) is 48.7 Å². The average Bonchev–Trinajstić information content (AvgIpc) is 2.68. The molecular formula is C21H19NO3. The van der Waals surface area contributed by atoms with Crippen LogP contribution in [0.2, 0.25) is 0 Å². The summed E-state index contributed by atoms with van der Waals surface area (Å²) in [5.74, 6) is 0.0613. The number of amides is 1. The van der Waals surface area contributed by atoms with Crippen LogP contribution in [0.15, 0.2) is 85.1 Å². The maximum absolute atomic E-state index is 12.7. The molecule has 4 nitrogen and oxygen atoms in total. The van der Waals surface area contributed by atoms with Gasteiger partial charge in [-0.05, 0) is 18.2 Å². The minimum Gasteiger partial charge on any atom is -0.410 e. The lowest BCUT2D eigenvalue weighted by Crippen LogP contribution is -2.44. The van der Waals surface area contributed by atoms with Crippen molar-refractivity contribution in [1.82, 2.24) is 4.90 Å². The average molecular weight is 333 g/mol. The summed E-state index contributed by atoms with van der Waals surface area (Å²) >= 11 is 0. The van der Waals surface area contributed by atoms with Gasteiger partial charge in [-0.15, -0.1) is 0 Å². The van der Waals surface area contributed by atoms with Gasteiger partial charge in [0.05, 0.1) is 6.04 Å². The third kappa shape index (κ3) is 3.86. The van der Waals surface area contributed by atoms with E-state index in [1.165, 1.54) is 4.90 Å². The summed E-state index contributed by atoms with van der Waals surface area (Å²) in [6, 6.07) is 17.6. The van der Waals surface area contributed by atoms with E-state index in [4.69, 9.17) is 4.74 Å². The summed E-state index contributed by atoms with van der Waals surface area (Å²) in [5, 5.41) is 0. The summed E-state index contributed by atoms with van der Waals surface area (Å²) < 4.78 is 5.41. The van der Waals surface area contributed by atoms with Gasteiger partial charge in [-0.25, -0.2) is 4.79 Å². The molecule has 126 valence electrons. The van der Waals surface area contributed by atoms with Crippen LogP contribution in [-0.4, -0.2) is 22.8 Å². The van der Waals surface area contributed by atoms with Crippen molar-refractivity contribution in [3.63, 3.8) is 0 Å². The Bertz CT molecular complexity index is 796. The molecular weight excluding hydrogens is 314 g/mol. The summed E-state index contributed by atoms with van der Waals surface area (Å²) in [7, 11) is 0. The fourth-order valence-corrected chi connectivity index (χ4v) is 2.77. The minimum absolute atomic E-state index is 0.0111. The molecule has 2 aromatic carbocycles. The third-order valence-electron chi connectivity index (χ3n) is 4.13. The Morgan fingerprint density at radius 1 is 0.960 bits per heavy atom. The summed E-state index contributed by atoms with van der Waals surface area (Å²) in [6.07, 6.45) is 6.57. The van der Waals surface area contributed by atoms with Crippen LogP contribution in [0.3, 0.4) is 0 Å². The van der Waals surface area contributed by atoms with Gasteiger partial charge in [0.25, 0.3) is 0 Å². The van der Waals surface area contributed by atoms with E-state index in [9.17, 15) is 9.59 Å². The second-order valence-electron chi connectivity index (χ2n) is 5.82. The maximum Gasteiger partial charge on any atom is 0.419 e. The lowest BCUT2D eigenvalue weighted by Gasteiger charge is -2.31. The van der Waals surface area contributed by atoms with Crippen LogP contribution < -0.4 is 4.74 Å². The van der Waals surface area contributed by atoms with Crippen LogP contribution in [-0.2, 0) is 0 Å². The Hall–Kier alpha value is -3.14. The first-order chi connectivity index (χ1) is 12.2. The van der Waals surface area contributed by atoms with E-state index in [2.05, 4.69) is 0 Å². The maximum atomic E-state index is 12.7. The highest BCUT2D eigenvalue weighted by Crippen LogP contribution is 2.23. The van der Waals surface area contributed by atoms with Crippen molar-refractivity contribution in [1.29, 1.82) is 0 Å². The number of nitrogens with zero attached hydrogens (tertiary/aromatic N) is 1. The van der Waals surface area contributed by atoms with E-state index in [-0.39, 0.29) is 5.78 Å². The van der Waals surface area contributed by atoms with E-state index < -0.39 is 18.1 Å². The van der Waals surface area contributed by atoms with Crippen molar-refractivity contribution < 1.29 is 14.3 Å². The Kier molecular flexibility index (Phi) is 5.09. The molecule has 25 heavy (non-hydrogen) atoms. The van der Waals surface area contributed by atoms with Crippen LogP contribution in [0.1, 0.15) is 17.3 Å². The molecule has 0 aliphatic carbocycles. The van der Waals surface area contributed by atoms with Gasteiger partial charge in [-0.3, -0.25) is 9.69 Å². The van der Waals surface area contributed by atoms with E-state index in [1.807, 2.05) is 43.3 Å². The molecule has 1 aliphatic heterocycles. The lowest BCUT2D eigenvalue weighted by molar-refractivity contribution is 0.0875. The van der Waals surface area contributed by atoms with Crippen LogP contribution in [0.5, 0.6) is 5.75 Å². The molecule has 0 bridgehead atoms. The van der Waals surface area contributed by atoms with Gasteiger partial charge in [0.1, 0.15) is 5.75 Å². The van der Waals surface area contributed by atoms with Gasteiger partial charge in [-0.2, -0.15) is 0 Å². The van der Waals surface area contributed by atoms with Gasteiger partial charge in [0, 0.05) is 17.7 Å². The molecule has 4 heteroatoms. The van der Waals surface area contributed by atoms with Gasteiger partial charge in [0.2, 0.25) is 0 Å². The minimum atomic E-state index is -0.510. The number of carbonyl (C=O) groups is 2. The molecule has 0 fully saturated rings. The molecule has 1 aliphatic rings. The first-order valence-corrected chi connectivity index (χ1v) is 8.16. The fraction of sp³-hybridized carbons (Fsp3) is 0.143. The molecule has 2 aromatic rings. The molecule has 0 radical (unpaired) electrons. The molecule has 0 saturated heterocycles. The molecule has 0 aromatic heterocycles. The number of Topliss-reactive ketones (excluding diaryl/α,β-unsaturated/α-hetero) is 1. The number of hydrogen-bond donors (Lipinski definition) is 0. The van der Waals surface area contributed by atoms with Gasteiger partial charge < -0.3 is 4.74 Å². The number of carbonyl (C=O) groups excluding carboxylic acids is 2. The summed E-state index contributed by atoms with van der Waals surface area (Å²) in [5.41, 5.74) is 0.634. The zero-order valence-corrected chi connectivity index (χ0v) is 13.9. The number of rotatable bonds is 4. The van der Waals surface area contributed by atoms with Crippen LogP contribution in [0.4, 0.5) is 4.79 Å². The van der Waals surface area contributed by atoms with Crippen molar-refractivity contribution in [2.45, 2.75) is 13.0 Å². The Balaban J connectivity index is 1.77.